The van der Waals surface area contributed by atoms with Crippen molar-refractivity contribution in [1.82, 2.24) is 10.2 Å². The number of piperidine rings is 1. The molecule has 3 rings (SSSR count). The summed E-state index contributed by atoms with van der Waals surface area (Å²) < 4.78 is 5.22. The summed E-state index contributed by atoms with van der Waals surface area (Å²) in [6.07, 6.45) is 0.799. The molecule has 1 saturated heterocycles. The summed E-state index contributed by atoms with van der Waals surface area (Å²) in [5.74, 6) is -1.82. The Morgan fingerprint density at radius 1 is 1.11 bits per heavy atom. The van der Waals surface area contributed by atoms with Gasteiger partial charge in [0, 0.05) is 18.1 Å². The number of ether oxygens (including phenoxy) is 1. The van der Waals surface area contributed by atoms with Gasteiger partial charge in [-0.2, -0.15) is 0 Å². The van der Waals surface area contributed by atoms with Crippen LogP contribution < -0.4 is 10.1 Å². The van der Waals surface area contributed by atoms with Gasteiger partial charge in [-0.15, -0.1) is 0 Å². The Hall–Kier alpha value is -3.06. The van der Waals surface area contributed by atoms with E-state index in [2.05, 4.69) is 19.2 Å². The summed E-state index contributed by atoms with van der Waals surface area (Å²) in [4.78, 5) is 40.1. The monoisotopic (exact) mass is 500 g/mol. The van der Waals surface area contributed by atoms with Crippen LogP contribution in [0.1, 0.15) is 66.3 Å². The molecule has 7 nitrogen and oxygen atoms in total. The average molecular weight is 501 g/mol. The number of nitrogens with one attached hydrogen (secondary N) is 1. The summed E-state index contributed by atoms with van der Waals surface area (Å²) in [6, 6.07) is 11.5. The number of carbonyl (C=O) groups excluding carboxylic acids is 2. The maximum absolute atomic E-state index is 13.6. The van der Waals surface area contributed by atoms with Gasteiger partial charge in [0.1, 0.15) is 17.4 Å². The number of hydrogen-bond donors (Lipinski definition) is 2. The van der Waals surface area contributed by atoms with Gasteiger partial charge in [0.05, 0.1) is 12.7 Å². The minimum Gasteiger partial charge on any atom is -0.495 e. The second-order valence-electron chi connectivity index (χ2n) is 10.0. The van der Waals surface area contributed by atoms with Crippen LogP contribution in [0.5, 0.6) is 5.75 Å². The second kappa shape index (κ2) is 10.7. The van der Waals surface area contributed by atoms with Crippen LogP contribution in [0.25, 0.3) is 0 Å². The summed E-state index contributed by atoms with van der Waals surface area (Å²) in [6.45, 7) is 9.18. The first-order chi connectivity index (χ1) is 16.5. The van der Waals surface area contributed by atoms with Crippen molar-refractivity contribution in [3.05, 3.63) is 64.2 Å². The third kappa shape index (κ3) is 5.78. The van der Waals surface area contributed by atoms with Gasteiger partial charge in [0.15, 0.2) is 0 Å². The summed E-state index contributed by atoms with van der Waals surface area (Å²) in [7, 11) is 1.32. The van der Waals surface area contributed by atoms with Crippen LogP contribution in [0.3, 0.4) is 0 Å². The van der Waals surface area contributed by atoms with E-state index in [1.54, 1.807) is 0 Å². The van der Waals surface area contributed by atoms with Crippen LogP contribution in [0.4, 0.5) is 0 Å². The Bertz CT molecular complexity index is 1100. The number of carbonyl (C=O) groups is 3. The molecule has 0 radical (unpaired) electrons. The Morgan fingerprint density at radius 3 is 2.29 bits per heavy atom. The Kier molecular flexibility index (Phi) is 8.11. The highest BCUT2D eigenvalue weighted by Gasteiger charge is 2.40. The topological polar surface area (TPSA) is 95.9 Å². The fourth-order valence-electron chi connectivity index (χ4n) is 4.89. The van der Waals surface area contributed by atoms with E-state index < -0.39 is 17.9 Å². The average Bonchev–Trinajstić information content (AvgIpc) is 2.81. The quantitative estimate of drug-likeness (QED) is 0.567. The van der Waals surface area contributed by atoms with Gasteiger partial charge in [0.25, 0.3) is 5.91 Å². The van der Waals surface area contributed by atoms with Crippen molar-refractivity contribution in [2.45, 2.75) is 46.1 Å². The number of carboxylic acids is 1. The van der Waals surface area contributed by atoms with Gasteiger partial charge in [-0.05, 0) is 53.5 Å². The predicted octanol–water partition coefficient (Wildman–Crippen LogP) is 4.84. The first kappa shape index (κ1) is 26.5. The van der Waals surface area contributed by atoms with E-state index in [-0.39, 0.29) is 40.0 Å². The van der Waals surface area contributed by atoms with Crippen molar-refractivity contribution in [2.75, 3.05) is 20.2 Å². The lowest BCUT2D eigenvalue weighted by atomic mass is 9.70. The molecule has 0 spiro atoms. The highest BCUT2D eigenvalue weighted by Crippen LogP contribution is 2.42. The minimum absolute atomic E-state index is 0.0302. The van der Waals surface area contributed by atoms with E-state index in [9.17, 15) is 19.5 Å². The molecule has 0 aromatic heterocycles. The van der Waals surface area contributed by atoms with Gasteiger partial charge in [0.2, 0.25) is 5.91 Å². The van der Waals surface area contributed by atoms with Crippen molar-refractivity contribution >= 4 is 29.4 Å². The van der Waals surface area contributed by atoms with Gasteiger partial charge in [-0.3, -0.25) is 9.59 Å². The normalized spacial score (nSPS) is 18.1. The molecule has 1 aliphatic rings. The maximum Gasteiger partial charge on any atom is 0.339 e. The van der Waals surface area contributed by atoms with Crippen molar-refractivity contribution in [2.24, 2.45) is 11.3 Å². The fourth-order valence-corrected chi connectivity index (χ4v) is 5.02. The molecule has 2 amide bonds. The predicted molar refractivity (Wildman–Crippen MR) is 135 cm³/mol. The molecule has 0 saturated carbocycles. The van der Waals surface area contributed by atoms with E-state index >= 15 is 0 Å². The van der Waals surface area contributed by atoms with E-state index in [1.165, 1.54) is 30.9 Å². The lowest BCUT2D eigenvalue weighted by Gasteiger charge is -2.45. The highest BCUT2D eigenvalue weighted by molar-refractivity contribution is 6.30. The van der Waals surface area contributed by atoms with Crippen molar-refractivity contribution in [3.8, 4) is 5.75 Å². The summed E-state index contributed by atoms with van der Waals surface area (Å²) >= 11 is 6.06. The third-order valence-electron chi connectivity index (χ3n) is 6.73. The molecule has 35 heavy (non-hydrogen) atoms. The van der Waals surface area contributed by atoms with Crippen LogP contribution in [-0.4, -0.2) is 54.0 Å². The number of carboxylic acid groups (broad SMARTS) is 1. The molecule has 0 bridgehead atoms. The zero-order valence-electron chi connectivity index (χ0n) is 20.8. The zero-order valence-corrected chi connectivity index (χ0v) is 21.6. The van der Waals surface area contributed by atoms with Crippen LogP contribution in [-0.2, 0) is 4.79 Å². The number of para-hydroxylation sites is 1. The van der Waals surface area contributed by atoms with Gasteiger partial charge < -0.3 is 20.1 Å². The van der Waals surface area contributed by atoms with Crippen LogP contribution in [0, 0.1) is 11.3 Å². The third-order valence-corrected chi connectivity index (χ3v) is 6.98. The number of likely N-dealkylation sites (tertiary alicyclic amines) is 1. The number of aromatic carboxylic acids is 1. The van der Waals surface area contributed by atoms with Gasteiger partial charge >= 0.3 is 5.97 Å². The van der Waals surface area contributed by atoms with Gasteiger partial charge in [-0.25, -0.2) is 4.79 Å². The SMILES string of the molecule is COc1c(C(=O)O)cccc1C(=O)N[C@@H](C(=O)N1CCC(c2ccc(Cl)cc2)C(C)(C)C1)C(C)C. The molecule has 2 N–H and O–H groups in total. The van der Waals surface area contributed by atoms with Crippen LogP contribution >= 0.6 is 11.6 Å². The minimum atomic E-state index is -1.20. The lowest BCUT2D eigenvalue weighted by molar-refractivity contribution is -0.137. The lowest BCUT2D eigenvalue weighted by Crippen LogP contribution is -2.55. The molecule has 2 aromatic carbocycles. The van der Waals surface area contributed by atoms with E-state index in [0.717, 1.165) is 6.42 Å². The zero-order chi connectivity index (χ0) is 25.9. The van der Waals surface area contributed by atoms with Crippen LogP contribution in [0.15, 0.2) is 42.5 Å². The van der Waals surface area contributed by atoms with E-state index in [4.69, 9.17) is 16.3 Å². The van der Waals surface area contributed by atoms with Gasteiger partial charge in [-0.1, -0.05) is 57.5 Å². The summed E-state index contributed by atoms with van der Waals surface area (Å²) in [5.41, 5.74) is 0.989. The molecule has 1 aliphatic heterocycles. The molecule has 2 atom stereocenters. The molecule has 8 heteroatoms. The fraction of sp³-hybridized carbons (Fsp3) is 0.444. The van der Waals surface area contributed by atoms with E-state index in [0.29, 0.717) is 18.1 Å². The maximum atomic E-state index is 13.6. The number of methoxy groups -OCH3 is 1. The van der Waals surface area contributed by atoms with Crippen molar-refractivity contribution < 1.29 is 24.2 Å². The molecule has 1 unspecified atom stereocenters. The standard InChI is InChI=1S/C27H33ClN2O5/c1-16(2)22(29-24(31)19-7-6-8-20(26(33)34)23(19)35-5)25(32)30-14-13-21(27(3,4)15-30)17-9-11-18(28)12-10-17/h6-12,16,21-22H,13-15H2,1-5H3,(H,29,31)(H,33,34)/t21?,22-/m1/s1. The number of hydrogen-bond acceptors (Lipinski definition) is 4. The highest BCUT2D eigenvalue weighted by atomic mass is 35.5. The second-order valence-corrected chi connectivity index (χ2v) is 10.5. The number of amides is 2. The molecule has 1 fully saturated rings. The number of halogens is 1. The van der Waals surface area contributed by atoms with E-state index in [1.807, 2.05) is 43.0 Å². The molecular weight excluding hydrogens is 468 g/mol. The number of rotatable bonds is 7. The molecule has 188 valence electrons. The number of nitrogens with zero attached hydrogens (tertiary/aromatic N) is 1. The van der Waals surface area contributed by atoms with Crippen LogP contribution in [0.2, 0.25) is 5.02 Å². The first-order valence-corrected chi connectivity index (χ1v) is 12.1. The first-order valence-electron chi connectivity index (χ1n) is 11.7. The Labute approximate surface area is 211 Å². The van der Waals surface area contributed by atoms with Crippen molar-refractivity contribution in [3.63, 3.8) is 0 Å². The number of benzene rings is 2. The molecule has 2 aromatic rings. The molecule has 1 heterocycles. The smallest absolute Gasteiger partial charge is 0.339 e. The molecule has 0 aliphatic carbocycles. The Balaban J connectivity index is 1.78. The largest absolute Gasteiger partial charge is 0.495 e. The van der Waals surface area contributed by atoms with Crippen molar-refractivity contribution in [1.29, 1.82) is 0 Å². The molecular formula is C27H33ClN2O5. The summed E-state index contributed by atoms with van der Waals surface area (Å²) in [5, 5.41) is 12.9. The Morgan fingerprint density at radius 2 is 1.74 bits per heavy atom.